The van der Waals surface area contributed by atoms with Crippen molar-refractivity contribution in [3.05, 3.63) is 125 Å². The minimum atomic E-state index is -4.94. The number of nitro groups is 4. The molecule has 31 heteroatoms. The summed E-state index contributed by atoms with van der Waals surface area (Å²) >= 11 is 0. The number of nitrogens with zero attached hydrogens (tertiary/aromatic N) is 8. The zero-order valence-electron chi connectivity index (χ0n) is 31.6. The van der Waals surface area contributed by atoms with Gasteiger partial charge < -0.3 is 26.2 Å². The van der Waals surface area contributed by atoms with Crippen molar-refractivity contribution in [3.8, 4) is 11.5 Å². The van der Waals surface area contributed by atoms with Gasteiger partial charge >= 0.3 is 76.5 Å². The van der Waals surface area contributed by atoms with E-state index in [-0.39, 0.29) is 121 Å². The van der Waals surface area contributed by atoms with Crippen molar-refractivity contribution in [2.24, 2.45) is 20.5 Å². The fourth-order valence-corrected chi connectivity index (χ4v) is 6.72. The fourth-order valence-electron chi connectivity index (χ4n) is 5.30. The number of benzene rings is 6. The van der Waals surface area contributed by atoms with E-state index in [1.807, 2.05) is 0 Å². The van der Waals surface area contributed by atoms with Gasteiger partial charge in [-0.2, -0.15) is 18.6 Å². The van der Waals surface area contributed by atoms with E-state index in [1.54, 1.807) is 6.07 Å². The Bertz CT molecular complexity index is 2940. The molecule has 6 aromatic carbocycles. The largest absolute Gasteiger partial charge is 3.00 e. The van der Waals surface area contributed by atoms with Crippen molar-refractivity contribution in [3.63, 3.8) is 0 Å². The van der Waals surface area contributed by atoms with Gasteiger partial charge in [-0.3, -0.25) is 45.0 Å². The summed E-state index contributed by atoms with van der Waals surface area (Å²) < 4.78 is 67.8. The Morgan fingerprint density at radius 1 is 0.508 bits per heavy atom. The van der Waals surface area contributed by atoms with E-state index in [2.05, 4.69) is 20.5 Å². The summed E-state index contributed by atoms with van der Waals surface area (Å²) in [5.41, 5.74) is 5.98. The minimum absolute atomic E-state index is 0. The van der Waals surface area contributed by atoms with Gasteiger partial charge in [0.1, 0.15) is 26.4 Å². The van der Waals surface area contributed by atoms with Crippen LogP contribution < -0.4 is 80.8 Å². The predicted molar refractivity (Wildman–Crippen MR) is 201 cm³/mol. The number of anilines is 2. The van der Waals surface area contributed by atoms with Gasteiger partial charge in [0, 0.05) is 45.2 Å². The molecule has 311 valence electrons. The SMILES string of the molecule is Nc1c(N=Nc2cc([N+](=O)[O-])cc([N+](=O)[O-])c2[O-])cc(S(=O)(=O)O)c2ccccc12.Nc1c(N=Nc2cc([N+](=O)[O-])cc([N+](=O)[O-])c2[O-])cc(S(=O)(=O)[O-])c2ccccc12.[Cr+3].[Na+].[Na+]. The normalized spacial score (nSPS) is 11.2. The number of hydrogen-bond donors (Lipinski definition) is 3. The fraction of sp³-hybridized carbons (Fsp3) is 0. The number of non-ortho nitro benzene ring substituents is 2. The molecule has 0 heterocycles. The average Bonchev–Trinajstić information content (AvgIpc) is 3.17. The molecule has 0 aliphatic heterocycles. The summed E-state index contributed by atoms with van der Waals surface area (Å²) in [6.07, 6.45) is 0. The van der Waals surface area contributed by atoms with Crippen LogP contribution in [0.25, 0.3) is 21.5 Å². The Balaban J connectivity index is 0.000000414. The number of rotatable bonds is 10. The molecule has 0 amide bonds. The Labute approximate surface area is 406 Å². The molecule has 6 aromatic rings. The van der Waals surface area contributed by atoms with Crippen LogP contribution in [0.2, 0.25) is 0 Å². The van der Waals surface area contributed by atoms with Crippen LogP contribution in [0.3, 0.4) is 0 Å². The number of nitro benzene ring substituents is 4. The van der Waals surface area contributed by atoms with Crippen molar-refractivity contribution in [1.29, 1.82) is 0 Å². The van der Waals surface area contributed by atoms with E-state index in [0.717, 1.165) is 12.1 Å². The molecule has 1 radical (unpaired) electrons. The van der Waals surface area contributed by atoms with Crippen molar-refractivity contribution in [2.45, 2.75) is 9.79 Å². The third-order valence-electron chi connectivity index (χ3n) is 8.02. The van der Waals surface area contributed by atoms with Crippen LogP contribution in [0.4, 0.5) is 56.9 Å². The molecular weight excluding hydrogens is 943 g/mol. The summed E-state index contributed by atoms with van der Waals surface area (Å²) in [4.78, 5) is 38.6. The third-order valence-corrected chi connectivity index (χ3v) is 9.79. The molecule has 0 spiro atoms. The monoisotopic (exact) mass is 961 g/mol. The Kier molecular flexibility index (Phi) is 17.8. The van der Waals surface area contributed by atoms with E-state index in [0.29, 0.717) is 24.3 Å². The van der Waals surface area contributed by atoms with E-state index >= 15 is 0 Å². The second kappa shape index (κ2) is 21.0. The first-order valence-electron chi connectivity index (χ1n) is 15.7. The van der Waals surface area contributed by atoms with Gasteiger partial charge in [-0.15, -0.1) is 10.2 Å². The Morgan fingerprint density at radius 3 is 1.14 bits per heavy atom. The molecular formula is C32H19CrN10Na2O16S2+2. The first-order chi connectivity index (χ1) is 28.0. The van der Waals surface area contributed by atoms with Crippen LogP contribution in [0.5, 0.6) is 11.5 Å². The number of nitrogens with two attached hydrogens (primary N) is 2. The van der Waals surface area contributed by atoms with Crippen LogP contribution in [0, 0.1) is 40.5 Å². The van der Waals surface area contributed by atoms with Crippen LogP contribution in [0.1, 0.15) is 0 Å². The quantitative estimate of drug-likeness (QED) is 0.0393. The summed E-state index contributed by atoms with van der Waals surface area (Å²) in [5.74, 6) is -2.48. The summed E-state index contributed by atoms with van der Waals surface area (Å²) in [5, 5.41) is 82.9. The maximum Gasteiger partial charge on any atom is 3.00 e. The predicted octanol–water partition coefficient (Wildman–Crippen LogP) is -0.389. The third kappa shape index (κ3) is 11.8. The molecule has 63 heavy (non-hydrogen) atoms. The number of fused-ring (bicyclic) bond motifs is 2. The van der Waals surface area contributed by atoms with Crippen LogP contribution in [-0.4, -0.2) is 45.6 Å². The molecule has 0 saturated heterocycles. The van der Waals surface area contributed by atoms with Crippen molar-refractivity contribution in [2.75, 3.05) is 11.5 Å². The van der Waals surface area contributed by atoms with Gasteiger partial charge in [0.2, 0.25) is 0 Å². The van der Waals surface area contributed by atoms with Gasteiger partial charge in [0.25, 0.3) is 32.9 Å². The molecule has 0 saturated carbocycles. The van der Waals surface area contributed by atoms with Gasteiger partial charge in [0.15, 0.2) is 0 Å². The van der Waals surface area contributed by atoms with Crippen LogP contribution >= 0.6 is 0 Å². The molecule has 0 atom stereocenters. The molecule has 0 unspecified atom stereocenters. The van der Waals surface area contributed by atoms with E-state index < -0.39 is 95.3 Å². The smallest absolute Gasteiger partial charge is 0.866 e. The Hall–Kier alpha value is -5.81. The van der Waals surface area contributed by atoms with Gasteiger partial charge in [-0.25, -0.2) is 8.42 Å². The van der Waals surface area contributed by atoms with Gasteiger partial charge in [-0.1, -0.05) is 48.5 Å². The molecule has 0 aromatic heterocycles. The van der Waals surface area contributed by atoms with Crippen molar-refractivity contribution >= 4 is 98.7 Å². The molecule has 0 fully saturated rings. The first-order valence-corrected chi connectivity index (χ1v) is 18.5. The second-order valence-electron chi connectivity index (χ2n) is 11.7. The van der Waals surface area contributed by atoms with Crippen molar-refractivity contribution < 1.29 is 132 Å². The zero-order chi connectivity index (χ0) is 44.4. The summed E-state index contributed by atoms with van der Waals surface area (Å²) in [6, 6.07) is 15.8. The second-order valence-corrected chi connectivity index (χ2v) is 14.4. The number of hydrogen-bond acceptors (Lipinski definition) is 21. The molecule has 6 rings (SSSR count). The van der Waals surface area contributed by atoms with Crippen LogP contribution in [-0.2, 0) is 37.6 Å². The minimum Gasteiger partial charge on any atom is -0.866 e. The molecule has 5 N–H and O–H groups in total. The topological polar surface area (TPSA) is 432 Å². The zero-order valence-corrected chi connectivity index (χ0v) is 38.5. The Morgan fingerprint density at radius 2 is 0.825 bits per heavy atom. The summed E-state index contributed by atoms with van der Waals surface area (Å²) in [6.45, 7) is 0. The summed E-state index contributed by atoms with van der Waals surface area (Å²) in [7, 11) is -9.64. The van der Waals surface area contributed by atoms with Crippen molar-refractivity contribution in [1.82, 2.24) is 0 Å². The number of nitrogen functional groups attached to an aromatic ring is 2. The van der Waals surface area contributed by atoms with Crippen LogP contribution in [0.15, 0.2) is 115 Å². The van der Waals surface area contributed by atoms with E-state index in [1.165, 1.54) is 42.5 Å². The average molecular weight is 962 g/mol. The molecule has 0 aliphatic rings. The first kappa shape index (κ1) is 53.3. The maximum atomic E-state index is 12.1. The molecule has 26 nitrogen and oxygen atoms in total. The maximum absolute atomic E-state index is 12.1. The van der Waals surface area contributed by atoms with Gasteiger partial charge in [0.05, 0.1) is 59.5 Å². The van der Waals surface area contributed by atoms with Gasteiger partial charge in [-0.05, 0) is 12.1 Å². The molecule has 0 aliphatic carbocycles. The molecule has 0 bridgehead atoms. The van der Waals surface area contributed by atoms with E-state index in [4.69, 9.17) is 11.5 Å². The van der Waals surface area contributed by atoms with E-state index in [9.17, 15) is 76.6 Å². The standard InChI is InChI=1S/2C16H11N5O8S.Cr.2Na/c2*17-15-10-4-2-1-3-9(10)14(30(27,28)29)7-11(15)18-19-12-5-8(20(23)24)6-13(16(12)22)21(25)26;;;/h2*1-7,22H,17H2,(H,27,28,29);;;/q;;+3;2*+1/p-3. The number of azo groups is 2.